The number of hydrogen-bond donors (Lipinski definition) is 2. The van der Waals surface area contributed by atoms with Crippen LogP contribution in [0.3, 0.4) is 0 Å². The Bertz CT molecular complexity index is 349. The van der Waals surface area contributed by atoms with Gasteiger partial charge in [0.25, 0.3) is 0 Å². The van der Waals surface area contributed by atoms with E-state index in [9.17, 15) is 17.6 Å². The molecule has 5 nitrogen and oxygen atoms in total. The summed E-state index contributed by atoms with van der Waals surface area (Å²) in [6.07, 6.45) is -2.80. The fraction of sp³-hybridized carbons (Fsp3) is 0.429. The third-order valence-electron chi connectivity index (χ3n) is 1.52. The first kappa shape index (κ1) is 12.4. The summed E-state index contributed by atoms with van der Waals surface area (Å²) in [5, 5.41) is 0. The lowest BCUT2D eigenvalue weighted by molar-refractivity contribution is -0.148. The Morgan fingerprint density at radius 2 is 2.12 bits per heavy atom. The van der Waals surface area contributed by atoms with E-state index in [0.29, 0.717) is 0 Å². The van der Waals surface area contributed by atoms with Crippen LogP contribution in [0, 0.1) is 0 Å². The third-order valence-corrected chi connectivity index (χ3v) is 1.52. The second kappa shape index (κ2) is 4.92. The van der Waals surface area contributed by atoms with Gasteiger partial charge >= 0.3 is 12.3 Å². The molecule has 0 aliphatic rings. The van der Waals surface area contributed by atoms with Gasteiger partial charge in [0.1, 0.15) is 12.1 Å². The molecule has 16 heavy (non-hydrogen) atoms. The average molecular weight is 240 g/mol. The number of nitrogen functional groups attached to an aromatic ring is 1. The van der Waals surface area contributed by atoms with E-state index in [2.05, 4.69) is 20.1 Å². The summed E-state index contributed by atoms with van der Waals surface area (Å²) >= 11 is 0. The van der Waals surface area contributed by atoms with Gasteiger partial charge in [-0.05, 0) is 0 Å². The molecule has 0 aromatic carbocycles. The van der Waals surface area contributed by atoms with Gasteiger partial charge in [0.05, 0.1) is 0 Å². The van der Waals surface area contributed by atoms with Crippen molar-refractivity contribution in [2.24, 2.45) is 5.84 Å². The Labute approximate surface area is 87.6 Å². The zero-order valence-electron chi connectivity index (χ0n) is 7.83. The molecule has 90 valence electrons. The molecule has 1 aromatic heterocycles. The maximum absolute atomic E-state index is 12.5. The van der Waals surface area contributed by atoms with Crippen LogP contribution in [0.15, 0.2) is 12.4 Å². The minimum atomic E-state index is -4.22. The Kier molecular flexibility index (Phi) is 3.82. The zero-order valence-corrected chi connectivity index (χ0v) is 7.83. The normalized spacial score (nSPS) is 11.6. The Morgan fingerprint density at radius 3 is 2.69 bits per heavy atom. The number of nitrogens with zero attached hydrogens (tertiary/aromatic N) is 2. The maximum Gasteiger partial charge on any atom is 0.340 e. The van der Waals surface area contributed by atoms with E-state index >= 15 is 0 Å². The summed E-state index contributed by atoms with van der Waals surface area (Å²) in [4.78, 5) is 7.02. The van der Waals surface area contributed by atoms with Crippen molar-refractivity contribution in [1.82, 2.24) is 9.97 Å². The number of nitrogens with one attached hydrogen (secondary N) is 1. The van der Waals surface area contributed by atoms with Crippen molar-refractivity contribution in [3.05, 3.63) is 12.4 Å². The first-order valence-corrected chi connectivity index (χ1v) is 4.03. The monoisotopic (exact) mass is 240 g/mol. The van der Waals surface area contributed by atoms with Gasteiger partial charge in [-0.25, -0.2) is 24.6 Å². The number of alkyl halides is 4. The van der Waals surface area contributed by atoms with Crippen molar-refractivity contribution in [2.75, 3.05) is 12.0 Å². The van der Waals surface area contributed by atoms with Crippen LogP contribution in [0.25, 0.3) is 0 Å². The van der Waals surface area contributed by atoms with Crippen molar-refractivity contribution in [2.45, 2.75) is 12.3 Å². The quantitative estimate of drug-likeness (QED) is 0.457. The number of hydrazine groups is 1. The van der Waals surface area contributed by atoms with Gasteiger partial charge in [-0.15, -0.1) is 0 Å². The van der Waals surface area contributed by atoms with E-state index < -0.39 is 19.0 Å². The molecule has 1 rings (SSSR count). The highest BCUT2D eigenvalue weighted by molar-refractivity contribution is 5.35. The minimum absolute atomic E-state index is 0.116. The van der Waals surface area contributed by atoms with Gasteiger partial charge in [-0.2, -0.15) is 8.78 Å². The fourth-order valence-electron chi connectivity index (χ4n) is 0.730. The lowest BCUT2D eigenvalue weighted by Gasteiger charge is -2.15. The van der Waals surface area contributed by atoms with E-state index in [1.165, 1.54) is 0 Å². The van der Waals surface area contributed by atoms with Crippen molar-refractivity contribution in [1.29, 1.82) is 0 Å². The second-order valence-electron chi connectivity index (χ2n) is 2.74. The summed E-state index contributed by atoms with van der Waals surface area (Å²) in [7, 11) is 0. The van der Waals surface area contributed by atoms with Gasteiger partial charge in [-0.1, -0.05) is 0 Å². The summed E-state index contributed by atoms with van der Waals surface area (Å²) in [6.45, 7) is -1.47. The summed E-state index contributed by atoms with van der Waals surface area (Å²) in [5.41, 5.74) is 2.12. The molecular formula is C7H8F4N4O. The molecule has 3 N–H and O–H groups in total. The molecule has 0 aliphatic carbocycles. The van der Waals surface area contributed by atoms with Gasteiger partial charge in [-0.3, -0.25) is 0 Å². The first-order valence-electron chi connectivity index (χ1n) is 4.03. The van der Waals surface area contributed by atoms with Crippen LogP contribution in [0.4, 0.5) is 23.4 Å². The van der Waals surface area contributed by atoms with Crippen molar-refractivity contribution >= 4 is 5.82 Å². The molecule has 0 saturated carbocycles. The standard InChI is InChI=1S/C7H8F4N4O/c8-6(9)7(10,11)2-16-5-1-4(15-12)13-3-14-5/h1,3,6H,2,12H2,(H,13,14,15). The lowest BCUT2D eigenvalue weighted by Crippen LogP contribution is -2.33. The Morgan fingerprint density at radius 1 is 1.44 bits per heavy atom. The van der Waals surface area contributed by atoms with E-state index in [1.807, 2.05) is 0 Å². The molecule has 0 saturated heterocycles. The minimum Gasteiger partial charge on any atom is -0.471 e. The molecule has 1 aromatic rings. The predicted molar refractivity (Wildman–Crippen MR) is 46.3 cm³/mol. The van der Waals surface area contributed by atoms with Gasteiger partial charge in [0, 0.05) is 6.07 Å². The zero-order chi connectivity index (χ0) is 12.2. The molecule has 0 bridgehead atoms. The predicted octanol–water partition coefficient (Wildman–Crippen LogP) is 1.04. The molecule has 0 amide bonds. The molecule has 0 fully saturated rings. The number of halogens is 4. The molecule has 0 unspecified atom stereocenters. The summed E-state index contributed by atoms with van der Waals surface area (Å²) in [6, 6.07) is 1.10. The van der Waals surface area contributed by atoms with Crippen LogP contribution in [0.5, 0.6) is 5.88 Å². The first-order chi connectivity index (χ1) is 7.45. The van der Waals surface area contributed by atoms with E-state index in [1.54, 1.807) is 0 Å². The topological polar surface area (TPSA) is 73.1 Å². The largest absolute Gasteiger partial charge is 0.471 e. The smallest absolute Gasteiger partial charge is 0.340 e. The van der Waals surface area contributed by atoms with Crippen LogP contribution in [-0.4, -0.2) is 28.9 Å². The molecular weight excluding hydrogens is 232 g/mol. The highest BCUT2D eigenvalue weighted by Gasteiger charge is 2.41. The number of rotatable bonds is 5. The highest BCUT2D eigenvalue weighted by Crippen LogP contribution is 2.23. The van der Waals surface area contributed by atoms with Crippen LogP contribution in [-0.2, 0) is 0 Å². The highest BCUT2D eigenvalue weighted by atomic mass is 19.3. The van der Waals surface area contributed by atoms with Crippen LogP contribution in [0.2, 0.25) is 0 Å². The Hall–Kier alpha value is -1.64. The van der Waals surface area contributed by atoms with Gasteiger partial charge in [0.2, 0.25) is 5.88 Å². The molecule has 0 radical (unpaired) electrons. The number of ether oxygens (including phenoxy) is 1. The van der Waals surface area contributed by atoms with Crippen molar-refractivity contribution in [3.8, 4) is 5.88 Å². The van der Waals surface area contributed by atoms with Crippen molar-refractivity contribution in [3.63, 3.8) is 0 Å². The van der Waals surface area contributed by atoms with E-state index in [-0.39, 0.29) is 11.7 Å². The van der Waals surface area contributed by atoms with E-state index in [4.69, 9.17) is 5.84 Å². The fourth-order valence-corrected chi connectivity index (χ4v) is 0.730. The lowest BCUT2D eigenvalue weighted by atomic mass is 10.4. The molecule has 1 heterocycles. The van der Waals surface area contributed by atoms with Gasteiger partial charge < -0.3 is 10.2 Å². The number of aromatic nitrogens is 2. The second-order valence-corrected chi connectivity index (χ2v) is 2.74. The Balaban J connectivity index is 2.60. The van der Waals surface area contributed by atoms with Gasteiger partial charge in [0.15, 0.2) is 6.61 Å². The SMILES string of the molecule is NNc1cc(OCC(F)(F)C(F)F)ncn1. The number of anilines is 1. The average Bonchev–Trinajstić information content (AvgIpc) is 2.26. The molecule has 0 atom stereocenters. The molecule has 9 heteroatoms. The summed E-state index contributed by atoms with van der Waals surface area (Å²) in [5.74, 6) is 0.605. The maximum atomic E-state index is 12.5. The molecule has 0 spiro atoms. The van der Waals surface area contributed by atoms with Crippen LogP contribution in [0.1, 0.15) is 0 Å². The molecule has 0 aliphatic heterocycles. The van der Waals surface area contributed by atoms with Crippen LogP contribution >= 0.6 is 0 Å². The number of nitrogens with two attached hydrogens (primary N) is 1. The van der Waals surface area contributed by atoms with E-state index in [0.717, 1.165) is 12.4 Å². The number of hydrogen-bond acceptors (Lipinski definition) is 5. The summed E-state index contributed by atoms with van der Waals surface area (Å²) < 4.78 is 52.8. The van der Waals surface area contributed by atoms with Crippen LogP contribution < -0.4 is 16.0 Å². The van der Waals surface area contributed by atoms with Crippen molar-refractivity contribution < 1.29 is 22.3 Å². The third kappa shape index (κ3) is 3.19.